The first-order valence-electron chi connectivity index (χ1n) is 7.47. The highest BCUT2D eigenvalue weighted by atomic mass is 79.9. The lowest BCUT2D eigenvalue weighted by Crippen LogP contribution is -2.19. The first-order chi connectivity index (χ1) is 11.0. The number of hydrogen-bond donors (Lipinski definition) is 2. The van der Waals surface area contributed by atoms with E-state index in [9.17, 15) is 9.59 Å². The lowest BCUT2D eigenvalue weighted by molar-refractivity contribution is 0.1000. The van der Waals surface area contributed by atoms with Crippen LogP contribution < -0.4 is 11.1 Å². The average Bonchev–Trinajstić information content (AvgIpc) is 2.84. The second-order valence-electron chi connectivity index (χ2n) is 5.88. The number of rotatable bonds is 3. The van der Waals surface area contributed by atoms with Crippen LogP contribution in [0, 0.1) is 5.92 Å². The predicted octanol–water partition coefficient (Wildman–Crippen LogP) is 3.99. The minimum atomic E-state index is -0.470. The number of primary amides is 1. The van der Waals surface area contributed by atoms with Gasteiger partial charge in [-0.3, -0.25) is 9.59 Å². The van der Waals surface area contributed by atoms with Gasteiger partial charge >= 0.3 is 0 Å². The Morgan fingerprint density at radius 3 is 2.65 bits per heavy atom. The topological polar surface area (TPSA) is 72.2 Å². The monoisotopic (exact) mass is 392 g/mol. The number of aryl methyl sites for hydroxylation is 1. The van der Waals surface area contributed by atoms with E-state index in [0.717, 1.165) is 29.3 Å². The van der Waals surface area contributed by atoms with Crippen molar-refractivity contribution in [1.82, 2.24) is 0 Å². The van der Waals surface area contributed by atoms with Gasteiger partial charge in [-0.1, -0.05) is 22.9 Å². The standard InChI is InChI=1S/C17H17BrN2O2S/c1-9-2-7-13-12(8-9)14(15(19)21)17(23-13)20-16(22)10-3-5-11(18)6-4-10/h3-6,9H,2,7-8H2,1H3,(H2,19,21)(H,20,22)/t9-/m0/s1. The largest absolute Gasteiger partial charge is 0.365 e. The highest BCUT2D eigenvalue weighted by molar-refractivity contribution is 9.10. The van der Waals surface area contributed by atoms with Gasteiger partial charge in [0, 0.05) is 14.9 Å². The van der Waals surface area contributed by atoms with E-state index < -0.39 is 5.91 Å². The molecular formula is C17H17BrN2O2S. The molecule has 120 valence electrons. The summed E-state index contributed by atoms with van der Waals surface area (Å²) in [6, 6.07) is 7.09. The summed E-state index contributed by atoms with van der Waals surface area (Å²) in [6.45, 7) is 2.17. The molecular weight excluding hydrogens is 376 g/mol. The molecule has 0 spiro atoms. The van der Waals surface area contributed by atoms with Crippen molar-refractivity contribution < 1.29 is 9.59 Å². The molecule has 3 N–H and O–H groups in total. The van der Waals surface area contributed by atoms with Gasteiger partial charge < -0.3 is 11.1 Å². The van der Waals surface area contributed by atoms with Gasteiger partial charge in [-0.05, 0) is 55.0 Å². The minimum absolute atomic E-state index is 0.230. The van der Waals surface area contributed by atoms with Crippen LogP contribution in [0.15, 0.2) is 28.7 Å². The van der Waals surface area contributed by atoms with Crippen LogP contribution >= 0.6 is 27.3 Å². The fourth-order valence-corrected chi connectivity index (χ4v) is 4.39. The van der Waals surface area contributed by atoms with Gasteiger partial charge in [-0.2, -0.15) is 0 Å². The van der Waals surface area contributed by atoms with Crippen LogP contribution in [0.25, 0.3) is 0 Å². The van der Waals surface area contributed by atoms with Gasteiger partial charge in [0.15, 0.2) is 0 Å². The quantitative estimate of drug-likeness (QED) is 0.828. The van der Waals surface area contributed by atoms with Gasteiger partial charge in [0.25, 0.3) is 11.8 Å². The van der Waals surface area contributed by atoms with Crippen molar-refractivity contribution in [2.24, 2.45) is 11.7 Å². The van der Waals surface area contributed by atoms with Crippen LogP contribution in [0.4, 0.5) is 5.00 Å². The van der Waals surface area contributed by atoms with Gasteiger partial charge in [0.1, 0.15) is 5.00 Å². The molecule has 0 aliphatic heterocycles. The van der Waals surface area contributed by atoms with Crippen molar-refractivity contribution in [3.63, 3.8) is 0 Å². The summed E-state index contributed by atoms with van der Waals surface area (Å²) in [5, 5.41) is 3.44. The van der Waals surface area contributed by atoms with Crippen molar-refractivity contribution >= 4 is 44.1 Å². The van der Waals surface area contributed by atoms with Gasteiger partial charge in [0.05, 0.1) is 5.56 Å². The molecule has 1 atom stereocenters. The smallest absolute Gasteiger partial charge is 0.256 e. The molecule has 0 saturated heterocycles. The molecule has 23 heavy (non-hydrogen) atoms. The van der Waals surface area contributed by atoms with E-state index in [1.807, 2.05) is 12.1 Å². The zero-order chi connectivity index (χ0) is 16.6. The van der Waals surface area contributed by atoms with E-state index in [1.54, 1.807) is 12.1 Å². The molecule has 3 rings (SSSR count). The Balaban J connectivity index is 1.92. The van der Waals surface area contributed by atoms with Crippen LogP contribution in [0.1, 0.15) is 44.5 Å². The molecule has 0 saturated carbocycles. The Hall–Kier alpha value is -1.66. The van der Waals surface area contributed by atoms with E-state index in [4.69, 9.17) is 5.73 Å². The molecule has 2 aromatic rings. The highest BCUT2D eigenvalue weighted by Gasteiger charge is 2.27. The molecule has 1 aliphatic carbocycles. The highest BCUT2D eigenvalue weighted by Crippen LogP contribution is 2.39. The average molecular weight is 393 g/mol. The lowest BCUT2D eigenvalue weighted by atomic mass is 9.87. The number of amides is 2. The number of hydrogen-bond acceptors (Lipinski definition) is 3. The molecule has 0 radical (unpaired) electrons. The van der Waals surface area contributed by atoms with Crippen LogP contribution in [-0.4, -0.2) is 11.8 Å². The number of nitrogens with one attached hydrogen (secondary N) is 1. The van der Waals surface area contributed by atoms with Crippen LogP contribution in [0.2, 0.25) is 0 Å². The Bertz CT molecular complexity index is 768. The summed E-state index contributed by atoms with van der Waals surface area (Å²) in [7, 11) is 0. The third-order valence-corrected chi connectivity index (χ3v) is 5.82. The summed E-state index contributed by atoms with van der Waals surface area (Å²) >= 11 is 4.82. The SMILES string of the molecule is C[C@H]1CCc2sc(NC(=O)c3ccc(Br)cc3)c(C(N)=O)c2C1. The fourth-order valence-electron chi connectivity index (χ4n) is 2.88. The van der Waals surface area contributed by atoms with Crippen LogP contribution in [0.3, 0.4) is 0 Å². The maximum Gasteiger partial charge on any atom is 0.256 e. The summed E-state index contributed by atoms with van der Waals surface area (Å²) in [4.78, 5) is 25.5. The minimum Gasteiger partial charge on any atom is -0.365 e. The summed E-state index contributed by atoms with van der Waals surface area (Å²) in [5.41, 5.74) is 7.63. The Labute approximate surface area is 147 Å². The fraction of sp³-hybridized carbons (Fsp3) is 0.294. The molecule has 0 fully saturated rings. The number of carbonyl (C=O) groups is 2. The second kappa shape index (κ2) is 6.45. The molecule has 1 aromatic heterocycles. The van der Waals surface area contributed by atoms with E-state index in [-0.39, 0.29) is 5.91 Å². The number of anilines is 1. The van der Waals surface area contributed by atoms with Crippen molar-refractivity contribution in [3.05, 3.63) is 50.3 Å². The molecule has 0 unspecified atom stereocenters. The number of fused-ring (bicyclic) bond motifs is 1. The van der Waals surface area contributed by atoms with Gasteiger partial charge in [0.2, 0.25) is 0 Å². The predicted molar refractivity (Wildman–Crippen MR) is 96.1 cm³/mol. The molecule has 4 nitrogen and oxygen atoms in total. The molecule has 1 aromatic carbocycles. The van der Waals surface area contributed by atoms with E-state index >= 15 is 0 Å². The summed E-state index contributed by atoms with van der Waals surface area (Å²) in [5.74, 6) is -0.167. The number of nitrogens with two attached hydrogens (primary N) is 1. The first kappa shape index (κ1) is 16.2. The number of halogens is 1. The molecule has 2 amide bonds. The van der Waals surface area contributed by atoms with Crippen molar-refractivity contribution in [2.45, 2.75) is 26.2 Å². The zero-order valence-corrected chi connectivity index (χ0v) is 15.1. The van der Waals surface area contributed by atoms with E-state index in [1.165, 1.54) is 16.2 Å². The van der Waals surface area contributed by atoms with Crippen molar-refractivity contribution in [3.8, 4) is 0 Å². The van der Waals surface area contributed by atoms with Gasteiger partial charge in [-0.15, -0.1) is 11.3 Å². The Morgan fingerprint density at radius 2 is 2.00 bits per heavy atom. The second-order valence-corrected chi connectivity index (χ2v) is 7.90. The lowest BCUT2D eigenvalue weighted by Gasteiger charge is -2.18. The normalized spacial score (nSPS) is 16.7. The van der Waals surface area contributed by atoms with E-state index in [0.29, 0.717) is 22.0 Å². The summed E-state index contributed by atoms with van der Waals surface area (Å²) < 4.78 is 0.910. The van der Waals surface area contributed by atoms with Gasteiger partial charge in [-0.25, -0.2) is 0 Å². The van der Waals surface area contributed by atoms with Crippen molar-refractivity contribution in [2.75, 3.05) is 5.32 Å². The molecule has 1 heterocycles. The molecule has 1 aliphatic rings. The zero-order valence-electron chi connectivity index (χ0n) is 12.7. The number of carbonyl (C=O) groups excluding carboxylic acids is 2. The molecule has 6 heteroatoms. The third-order valence-electron chi connectivity index (χ3n) is 4.09. The number of thiophene rings is 1. The number of benzene rings is 1. The Kier molecular flexibility index (Phi) is 4.55. The maximum absolute atomic E-state index is 12.4. The maximum atomic E-state index is 12.4. The van der Waals surface area contributed by atoms with Crippen LogP contribution in [0.5, 0.6) is 0 Å². The molecule has 0 bridgehead atoms. The Morgan fingerprint density at radius 1 is 1.30 bits per heavy atom. The third kappa shape index (κ3) is 3.33. The van der Waals surface area contributed by atoms with E-state index in [2.05, 4.69) is 28.2 Å². The summed E-state index contributed by atoms with van der Waals surface area (Å²) in [6.07, 6.45) is 2.89. The first-order valence-corrected chi connectivity index (χ1v) is 9.08. The van der Waals surface area contributed by atoms with Crippen LogP contribution in [-0.2, 0) is 12.8 Å². The van der Waals surface area contributed by atoms with Crippen molar-refractivity contribution in [1.29, 1.82) is 0 Å².